The van der Waals surface area contributed by atoms with Gasteiger partial charge in [0.25, 0.3) is 0 Å². The van der Waals surface area contributed by atoms with E-state index in [-0.39, 0.29) is 47.7 Å². The molecule has 0 aromatic heterocycles. The number of likely N-dealkylation sites (N-methyl/N-ethyl adjacent to an activating group) is 1. The molecule has 0 atom stereocenters. The summed E-state index contributed by atoms with van der Waals surface area (Å²) < 4.78 is 18.6. The van der Waals surface area contributed by atoms with Crippen molar-refractivity contribution in [2.45, 2.75) is 24.8 Å². The van der Waals surface area contributed by atoms with Gasteiger partial charge in [-0.05, 0) is 48.2 Å². The van der Waals surface area contributed by atoms with E-state index in [9.17, 15) is 9.18 Å². The molecule has 0 spiro atoms. The molecule has 0 unspecified atom stereocenters. The van der Waals surface area contributed by atoms with Crippen molar-refractivity contribution in [3.63, 3.8) is 0 Å². The molecule has 0 aliphatic heterocycles. The van der Waals surface area contributed by atoms with E-state index in [1.807, 2.05) is 24.3 Å². The minimum Gasteiger partial charge on any atom is -0.497 e. The zero-order valence-electron chi connectivity index (χ0n) is 18.5. The number of guanidine groups is 1. The second kappa shape index (κ2) is 11.7. The quantitative estimate of drug-likeness (QED) is 0.285. The molecule has 0 heterocycles. The number of halogens is 3. The Morgan fingerprint density at radius 3 is 2.44 bits per heavy atom. The fourth-order valence-corrected chi connectivity index (χ4v) is 3.63. The third-order valence-electron chi connectivity index (χ3n) is 5.43. The van der Waals surface area contributed by atoms with Gasteiger partial charge < -0.3 is 20.3 Å². The van der Waals surface area contributed by atoms with Gasteiger partial charge in [0.05, 0.1) is 20.2 Å². The average Bonchev–Trinajstić information content (AvgIpc) is 3.53. The first-order valence-corrected chi connectivity index (χ1v) is 10.5. The van der Waals surface area contributed by atoms with Crippen molar-refractivity contribution < 1.29 is 13.9 Å². The first-order chi connectivity index (χ1) is 14.8. The lowest BCUT2D eigenvalue weighted by Crippen LogP contribution is -2.45. The summed E-state index contributed by atoms with van der Waals surface area (Å²) in [4.78, 5) is 18.2. The van der Waals surface area contributed by atoms with Crippen LogP contribution in [0.5, 0.6) is 5.75 Å². The molecule has 1 aliphatic rings. The van der Waals surface area contributed by atoms with Gasteiger partial charge in [0.2, 0.25) is 5.91 Å². The lowest BCUT2D eigenvalue weighted by molar-refractivity contribution is -0.127. The Balaban J connectivity index is 0.00000363. The normalized spacial score (nSPS) is 14.2. The molecular weight excluding hydrogens is 546 g/mol. The van der Waals surface area contributed by atoms with Crippen molar-refractivity contribution in [3.8, 4) is 5.75 Å². The fourth-order valence-electron chi connectivity index (χ4n) is 3.26. The highest BCUT2D eigenvalue weighted by Crippen LogP contribution is 2.50. The Morgan fingerprint density at radius 2 is 1.88 bits per heavy atom. The molecule has 1 amide bonds. The van der Waals surface area contributed by atoms with Gasteiger partial charge in [-0.2, -0.15) is 0 Å². The molecule has 3 rings (SSSR count). The molecule has 9 heteroatoms. The minimum atomic E-state index is -0.344. The van der Waals surface area contributed by atoms with Crippen LogP contribution in [0.15, 0.2) is 47.5 Å². The van der Waals surface area contributed by atoms with Gasteiger partial charge in [0.15, 0.2) is 5.96 Å². The van der Waals surface area contributed by atoms with Crippen LogP contribution in [0, 0.1) is 5.82 Å². The first-order valence-electron chi connectivity index (χ1n) is 10.1. The average molecular weight is 575 g/mol. The van der Waals surface area contributed by atoms with Crippen molar-refractivity contribution in [1.29, 1.82) is 0 Å². The zero-order chi connectivity index (χ0) is 22.4. The van der Waals surface area contributed by atoms with Crippen LogP contribution in [0.1, 0.15) is 24.0 Å². The monoisotopic (exact) mass is 574 g/mol. The summed E-state index contributed by atoms with van der Waals surface area (Å²) in [5.74, 6) is 0.924. The summed E-state index contributed by atoms with van der Waals surface area (Å²) in [5, 5.41) is 6.88. The van der Waals surface area contributed by atoms with Crippen molar-refractivity contribution in [1.82, 2.24) is 15.5 Å². The Kier molecular flexibility index (Phi) is 9.57. The number of carbonyl (C=O) groups is 1. The first kappa shape index (κ1) is 26.2. The van der Waals surface area contributed by atoms with Crippen molar-refractivity contribution in [2.75, 3.05) is 34.3 Å². The fraction of sp³-hybridized carbons (Fsp3) is 0.391. The van der Waals surface area contributed by atoms with Gasteiger partial charge in [-0.15, -0.1) is 24.0 Å². The van der Waals surface area contributed by atoms with E-state index in [1.165, 1.54) is 17.0 Å². The molecule has 2 N–H and O–H groups in total. The topological polar surface area (TPSA) is 66.0 Å². The standard InChI is InChI=1S/C23H28ClFN4O2.HI/c1-29(2)21(30)14-27-22(26-13-16-4-7-18(31-3)8-5-16)28-15-23(10-11-23)19-9-6-17(25)12-20(19)24;/h4-9,12H,10-11,13-15H2,1-3H3,(H2,26,27,28);1H. The van der Waals surface area contributed by atoms with Crippen LogP contribution in [-0.2, 0) is 16.8 Å². The van der Waals surface area contributed by atoms with Crippen LogP contribution in [0.4, 0.5) is 4.39 Å². The predicted molar refractivity (Wildman–Crippen MR) is 137 cm³/mol. The number of hydrogen-bond donors (Lipinski definition) is 2. The number of nitrogens with zero attached hydrogens (tertiary/aromatic N) is 2. The maximum atomic E-state index is 13.4. The molecule has 32 heavy (non-hydrogen) atoms. The highest BCUT2D eigenvalue weighted by Gasteiger charge is 2.45. The van der Waals surface area contributed by atoms with E-state index in [0.29, 0.717) is 24.1 Å². The van der Waals surface area contributed by atoms with Gasteiger partial charge in [0.1, 0.15) is 11.6 Å². The Labute approximate surface area is 210 Å². The Morgan fingerprint density at radius 1 is 1.19 bits per heavy atom. The van der Waals surface area contributed by atoms with Gasteiger partial charge >= 0.3 is 0 Å². The van der Waals surface area contributed by atoms with Crippen LogP contribution < -0.4 is 15.4 Å². The zero-order valence-corrected chi connectivity index (χ0v) is 21.5. The summed E-state index contributed by atoms with van der Waals surface area (Å²) in [6.45, 7) is 1.16. The van der Waals surface area contributed by atoms with Gasteiger partial charge in [0, 0.05) is 31.1 Å². The number of methoxy groups -OCH3 is 1. The highest BCUT2D eigenvalue weighted by atomic mass is 127. The van der Waals surface area contributed by atoms with Crippen LogP contribution >= 0.6 is 35.6 Å². The molecular formula is C23H29ClFIN4O2. The third-order valence-corrected chi connectivity index (χ3v) is 5.75. The minimum absolute atomic E-state index is 0. The van der Waals surface area contributed by atoms with Crippen molar-refractivity contribution >= 4 is 47.4 Å². The second-order valence-electron chi connectivity index (χ2n) is 7.91. The predicted octanol–water partition coefficient (Wildman–Crippen LogP) is 3.96. The van der Waals surface area contributed by atoms with Crippen LogP contribution in [0.3, 0.4) is 0 Å². The molecule has 6 nitrogen and oxygen atoms in total. The Bertz CT molecular complexity index is 950. The largest absolute Gasteiger partial charge is 0.497 e. The van der Waals surface area contributed by atoms with Crippen molar-refractivity contribution in [3.05, 3.63) is 64.4 Å². The van der Waals surface area contributed by atoms with Gasteiger partial charge in [-0.3, -0.25) is 4.79 Å². The number of carbonyl (C=O) groups excluding carboxylic acids is 1. The third kappa shape index (κ3) is 6.96. The summed E-state index contributed by atoms with van der Waals surface area (Å²) >= 11 is 6.30. The van der Waals surface area contributed by atoms with E-state index in [4.69, 9.17) is 16.3 Å². The summed E-state index contributed by atoms with van der Waals surface area (Å²) in [6.07, 6.45) is 1.90. The van der Waals surface area contributed by atoms with Gasteiger partial charge in [-0.25, -0.2) is 9.38 Å². The molecule has 0 bridgehead atoms. The number of nitrogens with one attached hydrogen (secondary N) is 2. The second-order valence-corrected chi connectivity index (χ2v) is 8.32. The maximum absolute atomic E-state index is 13.4. The smallest absolute Gasteiger partial charge is 0.241 e. The molecule has 0 saturated heterocycles. The van der Waals surface area contributed by atoms with E-state index in [1.54, 1.807) is 27.3 Å². The number of ether oxygens (including phenoxy) is 1. The SMILES string of the molecule is COc1ccc(CN=C(NCC(=O)N(C)C)NCC2(c3ccc(F)cc3Cl)CC2)cc1.I. The summed E-state index contributed by atoms with van der Waals surface area (Å²) in [6, 6.07) is 12.2. The number of aliphatic imine (C=N–C) groups is 1. The van der Waals surface area contributed by atoms with E-state index >= 15 is 0 Å². The molecule has 174 valence electrons. The van der Waals surface area contributed by atoms with Crippen LogP contribution in [0.2, 0.25) is 5.02 Å². The van der Waals surface area contributed by atoms with E-state index in [2.05, 4.69) is 15.6 Å². The number of amides is 1. The molecule has 1 saturated carbocycles. The van der Waals surface area contributed by atoms with E-state index in [0.717, 1.165) is 29.7 Å². The molecule has 0 radical (unpaired) electrons. The molecule has 2 aromatic rings. The summed E-state index contributed by atoms with van der Waals surface area (Å²) in [7, 11) is 5.05. The lowest BCUT2D eigenvalue weighted by Gasteiger charge is -2.21. The Hall–Kier alpha value is -2.07. The van der Waals surface area contributed by atoms with E-state index < -0.39 is 0 Å². The van der Waals surface area contributed by atoms with Crippen molar-refractivity contribution in [2.24, 2.45) is 4.99 Å². The number of hydrogen-bond acceptors (Lipinski definition) is 3. The maximum Gasteiger partial charge on any atom is 0.241 e. The molecule has 2 aromatic carbocycles. The number of benzene rings is 2. The lowest BCUT2D eigenvalue weighted by atomic mass is 9.96. The van der Waals surface area contributed by atoms with Crippen LogP contribution in [0.25, 0.3) is 0 Å². The highest BCUT2D eigenvalue weighted by molar-refractivity contribution is 14.0. The summed E-state index contributed by atoms with van der Waals surface area (Å²) in [5.41, 5.74) is 1.80. The molecule has 1 aliphatic carbocycles. The van der Waals surface area contributed by atoms with Crippen LogP contribution in [-0.4, -0.2) is 51.1 Å². The van der Waals surface area contributed by atoms with Gasteiger partial charge in [-0.1, -0.05) is 29.8 Å². The molecule has 1 fully saturated rings. The number of rotatable bonds is 8.